The van der Waals surface area contributed by atoms with Crippen LogP contribution < -0.4 is 5.32 Å². The lowest BCUT2D eigenvalue weighted by Gasteiger charge is -2.23. The Morgan fingerprint density at radius 2 is 2.25 bits per heavy atom. The van der Waals surface area contributed by atoms with E-state index in [1.165, 1.54) is 23.1 Å². The predicted octanol–water partition coefficient (Wildman–Crippen LogP) is 2.20. The van der Waals surface area contributed by atoms with Gasteiger partial charge in [-0.05, 0) is 37.9 Å². The van der Waals surface area contributed by atoms with Gasteiger partial charge in [-0.2, -0.15) is 0 Å². The summed E-state index contributed by atoms with van der Waals surface area (Å²) in [6.45, 7) is 5.51. The average Bonchev–Trinajstić information content (AvgIpc) is 2.04. The molecule has 0 saturated heterocycles. The minimum absolute atomic E-state index is 0.536. The van der Waals surface area contributed by atoms with Crippen molar-refractivity contribution in [1.29, 1.82) is 0 Å². The van der Waals surface area contributed by atoms with Crippen LogP contribution >= 0.6 is 0 Å². The van der Waals surface area contributed by atoms with Crippen molar-refractivity contribution < 1.29 is 0 Å². The van der Waals surface area contributed by atoms with Crippen LogP contribution in [0.1, 0.15) is 29.7 Å². The van der Waals surface area contributed by atoms with Crippen molar-refractivity contribution in [3.63, 3.8) is 0 Å². The van der Waals surface area contributed by atoms with Crippen LogP contribution in [0.4, 0.5) is 0 Å². The second-order valence-electron chi connectivity index (χ2n) is 3.63. The maximum absolute atomic E-state index is 3.46. The molecule has 0 saturated carbocycles. The first-order valence-corrected chi connectivity index (χ1v) is 4.60. The first-order chi connectivity index (χ1) is 5.77. The van der Waals surface area contributed by atoms with E-state index < -0.39 is 0 Å². The molecule has 1 nitrogen and oxygen atoms in total. The molecule has 1 aromatic carbocycles. The Morgan fingerprint density at radius 1 is 1.42 bits per heavy atom. The van der Waals surface area contributed by atoms with Gasteiger partial charge in [0.1, 0.15) is 0 Å². The van der Waals surface area contributed by atoms with Crippen LogP contribution in [-0.4, -0.2) is 6.54 Å². The molecule has 1 aliphatic rings. The monoisotopic (exact) mass is 161 g/mol. The minimum Gasteiger partial charge on any atom is -0.310 e. The van der Waals surface area contributed by atoms with Crippen LogP contribution in [0.15, 0.2) is 18.2 Å². The summed E-state index contributed by atoms with van der Waals surface area (Å²) < 4.78 is 0. The van der Waals surface area contributed by atoms with Gasteiger partial charge in [-0.3, -0.25) is 0 Å². The summed E-state index contributed by atoms with van der Waals surface area (Å²) in [4.78, 5) is 0. The van der Waals surface area contributed by atoms with E-state index in [4.69, 9.17) is 0 Å². The second-order valence-corrected chi connectivity index (χ2v) is 3.63. The molecule has 0 amide bonds. The SMILES string of the molecule is Cc1ccc2c(c1)CCN[C@H]2C. The fourth-order valence-electron chi connectivity index (χ4n) is 1.91. The van der Waals surface area contributed by atoms with E-state index in [0.29, 0.717) is 6.04 Å². The number of fused-ring (bicyclic) bond motifs is 1. The largest absolute Gasteiger partial charge is 0.310 e. The zero-order valence-corrected chi connectivity index (χ0v) is 7.72. The number of nitrogens with one attached hydrogen (secondary N) is 1. The normalized spacial score (nSPS) is 22.0. The van der Waals surface area contributed by atoms with E-state index in [0.717, 1.165) is 6.54 Å². The molecule has 0 radical (unpaired) electrons. The van der Waals surface area contributed by atoms with Gasteiger partial charge in [0.25, 0.3) is 0 Å². The van der Waals surface area contributed by atoms with Crippen molar-refractivity contribution in [1.82, 2.24) is 5.32 Å². The number of benzene rings is 1. The highest BCUT2D eigenvalue weighted by atomic mass is 14.9. The summed E-state index contributed by atoms with van der Waals surface area (Å²) >= 11 is 0. The van der Waals surface area contributed by atoms with Gasteiger partial charge in [-0.15, -0.1) is 0 Å². The zero-order chi connectivity index (χ0) is 8.55. The summed E-state index contributed by atoms with van der Waals surface area (Å²) in [5.41, 5.74) is 4.39. The molecule has 1 atom stereocenters. The molecule has 0 aliphatic carbocycles. The van der Waals surface area contributed by atoms with Crippen LogP contribution in [0.2, 0.25) is 0 Å². The maximum Gasteiger partial charge on any atom is 0.0294 e. The zero-order valence-electron chi connectivity index (χ0n) is 7.72. The Hall–Kier alpha value is -0.820. The van der Waals surface area contributed by atoms with Crippen molar-refractivity contribution in [2.24, 2.45) is 0 Å². The third-order valence-electron chi connectivity index (χ3n) is 2.61. The highest BCUT2D eigenvalue weighted by molar-refractivity contribution is 5.35. The van der Waals surface area contributed by atoms with Crippen molar-refractivity contribution in [3.8, 4) is 0 Å². The fourth-order valence-corrected chi connectivity index (χ4v) is 1.91. The van der Waals surface area contributed by atoms with Gasteiger partial charge in [0.05, 0.1) is 0 Å². The van der Waals surface area contributed by atoms with E-state index in [1.54, 1.807) is 0 Å². The third-order valence-corrected chi connectivity index (χ3v) is 2.61. The quantitative estimate of drug-likeness (QED) is 0.615. The minimum atomic E-state index is 0.536. The van der Waals surface area contributed by atoms with E-state index in [2.05, 4.69) is 37.4 Å². The van der Waals surface area contributed by atoms with Crippen LogP contribution in [0.25, 0.3) is 0 Å². The topological polar surface area (TPSA) is 12.0 Å². The summed E-state index contributed by atoms with van der Waals surface area (Å²) in [5.74, 6) is 0. The Balaban J connectivity index is 2.46. The predicted molar refractivity (Wildman–Crippen MR) is 51.3 cm³/mol. The summed E-state index contributed by atoms with van der Waals surface area (Å²) in [6.07, 6.45) is 1.18. The van der Waals surface area contributed by atoms with E-state index >= 15 is 0 Å². The first kappa shape index (κ1) is 7.81. The molecule has 2 rings (SSSR count). The van der Waals surface area contributed by atoms with Crippen molar-refractivity contribution >= 4 is 0 Å². The number of hydrogen-bond acceptors (Lipinski definition) is 1. The third kappa shape index (κ3) is 1.25. The first-order valence-electron chi connectivity index (χ1n) is 4.60. The molecular weight excluding hydrogens is 146 g/mol. The van der Waals surface area contributed by atoms with Crippen molar-refractivity contribution in [3.05, 3.63) is 34.9 Å². The van der Waals surface area contributed by atoms with Crippen LogP contribution in [0.3, 0.4) is 0 Å². The summed E-state index contributed by atoms with van der Waals surface area (Å²) in [5, 5.41) is 3.46. The smallest absolute Gasteiger partial charge is 0.0294 e. The molecule has 0 unspecified atom stereocenters. The van der Waals surface area contributed by atoms with E-state index in [1.807, 2.05) is 0 Å². The van der Waals surface area contributed by atoms with E-state index in [9.17, 15) is 0 Å². The molecule has 0 fully saturated rings. The lowest BCUT2D eigenvalue weighted by molar-refractivity contribution is 0.540. The Morgan fingerprint density at radius 3 is 3.08 bits per heavy atom. The van der Waals surface area contributed by atoms with Gasteiger partial charge in [0.2, 0.25) is 0 Å². The number of hydrogen-bond donors (Lipinski definition) is 1. The molecule has 1 N–H and O–H groups in total. The fraction of sp³-hybridized carbons (Fsp3) is 0.455. The maximum atomic E-state index is 3.46. The molecule has 1 aromatic rings. The lowest BCUT2D eigenvalue weighted by atomic mass is 9.94. The molecule has 1 heteroatoms. The molecule has 12 heavy (non-hydrogen) atoms. The van der Waals surface area contributed by atoms with Crippen molar-refractivity contribution in [2.75, 3.05) is 6.54 Å². The average molecular weight is 161 g/mol. The highest BCUT2D eigenvalue weighted by Crippen LogP contribution is 2.22. The summed E-state index contributed by atoms with van der Waals surface area (Å²) in [6, 6.07) is 7.30. The molecule has 0 spiro atoms. The van der Waals surface area contributed by atoms with Gasteiger partial charge >= 0.3 is 0 Å². The van der Waals surface area contributed by atoms with Gasteiger partial charge in [0.15, 0.2) is 0 Å². The number of aryl methyl sites for hydroxylation is 1. The molecule has 0 aromatic heterocycles. The standard InChI is InChI=1S/C11H15N/c1-8-3-4-11-9(2)12-6-5-10(11)7-8/h3-4,7,9,12H,5-6H2,1-2H3/t9-/m0/s1. The molecule has 0 bridgehead atoms. The Kier molecular flexibility index (Phi) is 1.89. The van der Waals surface area contributed by atoms with Crippen molar-refractivity contribution in [2.45, 2.75) is 26.3 Å². The molecule has 1 aliphatic heterocycles. The van der Waals surface area contributed by atoms with Gasteiger partial charge in [-0.25, -0.2) is 0 Å². The molecular formula is C11H15N. The summed E-state index contributed by atoms with van der Waals surface area (Å²) in [7, 11) is 0. The lowest BCUT2D eigenvalue weighted by Crippen LogP contribution is -2.27. The van der Waals surface area contributed by atoms with Crippen LogP contribution in [0.5, 0.6) is 0 Å². The van der Waals surface area contributed by atoms with Gasteiger partial charge in [-0.1, -0.05) is 23.8 Å². The van der Waals surface area contributed by atoms with Gasteiger partial charge in [0, 0.05) is 6.04 Å². The highest BCUT2D eigenvalue weighted by Gasteiger charge is 2.14. The molecule has 64 valence electrons. The second kappa shape index (κ2) is 2.91. The van der Waals surface area contributed by atoms with Gasteiger partial charge < -0.3 is 5.32 Å². The van der Waals surface area contributed by atoms with E-state index in [-0.39, 0.29) is 0 Å². The number of rotatable bonds is 0. The van der Waals surface area contributed by atoms with Crippen LogP contribution in [0, 0.1) is 6.92 Å². The Bertz CT molecular complexity index is 291. The Labute approximate surface area is 73.8 Å². The van der Waals surface area contributed by atoms with Crippen LogP contribution in [-0.2, 0) is 6.42 Å². The molecule has 1 heterocycles.